The van der Waals surface area contributed by atoms with E-state index in [4.69, 9.17) is 5.11 Å². The summed E-state index contributed by atoms with van der Waals surface area (Å²) in [5, 5.41) is 9.08. The van der Waals surface area contributed by atoms with Crippen LogP contribution in [-0.4, -0.2) is 65.4 Å². The Morgan fingerprint density at radius 3 is 2.49 bits per heavy atom. The van der Waals surface area contributed by atoms with Gasteiger partial charge in [-0.25, -0.2) is 12.7 Å². The molecule has 8 nitrogen and oxygen atoms in total. The van der Waals surface area contributed by atoms with Crippen LogP contribution in [0.15, 0.2) is 24.3 Å². The summed E-state index contributed by atoms with van der Waals surface area (Å²) in [5.74, 6) is -2.00. The second-order valence-electron chi connectivity index (χ2n) is 13.4. The predicted molar refractivity (Wildman–Crippen MR) is 145 cm³/mol. The van der Waals surface area contributed by atoms with Gasteiger partial charge >= 0.3 is 5.97 Å². The molecule has 1 aromatic carbocycles. The van der Waals surface area contributed by atoms with Gasteiger partial charge in [0.1, 0.15) is 0 Å². The van der Waals surface area contributed by atoms with E-state index in [0.717, 1.165) is 32.1 Å². The molecular weight excluding hydrogens is 516 g/mol. The van der Waals surface area contributed by atoms with Crippen molar-refractivity contribution in [1.29, 1.82) is 0 Å². The van der Waals surface area contributed by atoms with Crippen LogP contribution in [-0.2, 0) is 36.2 Å². The molecule has 3 aliphatic carbocycles. The number of aliphatic carboxylic acids is 1. The molecule has 1 spiro atoms. The summed E-state index contributed by atoms with van der Waals surface area (Å²) in [6.45, 7) is 5.24. The molecule has 0 radical (unpaired) electrons. The number of imide groups is 1. The molecule has 39 heavy (non-hydrogen) atoms. The zero-order valence-corrected chi connectivity index (χ0v) is 23.8. The second-order valence-corrected chi connectivity index (χ2v) is 15.4. The van der Waals surface area contributed by atoms with Crippen molar-refractivity contribution in [2.45, 2.75) is 89.5 Å². The fourth-order valence-electron chi connectivity index (χ4n) is 9.19. The minimum Gasteiger partial charge on any atom is -0.481 e. The fraction of sp³-hybridized carbons (Fsp3) is 0.700. The van der Waals surface area contributed by atoms with Crippen LogP contribution in [0.4, 0.5) is 0 Å². The monoisotopic (exact) mass is 556 g/mol. The van der Waals surface area contributed by atoms with E-state index in [0.29, 0.717) is 25.9 Å². The highest BCUT2D eigenvalue weighted by Gasteiger charge is 2.68. The van der Waals surface area contributed by atoms with Gasteiger partial charge in [-0.2, -0.15) is 0 Å². The van der Waals surface area contributed by atoms with Crippen LogP contribution in [0.2, 0.25) is 0 Å². The number of hydrogen-bond donors (Lipinski definition) is 1. The lowest BCUT2D eigenvalue weighted by molar-refractivity contribution is -0.145. The third-order valence-electron chi connectivity index (χ3n) is 11.7. The van der Waals surface area contributed by atoms with E-state index in [9.17, 15) is 22.8 Å². The highest BCUT2D eigenvalue weighted by Crippen LogP contribution is 2.68. The average molecular weight is 557 g/mol. The molecule has 2 bridgehead atoms. The lowest BCUT2D eigenvalue weighted by atomic mass is 9.68. The van der Waals surface area contributed by atoms with Crippen molar-refractivity contribution in [3.8, 4) is 0 Å². The van der Waals surface area contributed by atoms with Gasteiger partial charge in [-0.1, -0.05) is 38.1 Å². The maximum atomic E-state index is 14.1. The van der Waals surface area contributed by atoms with Crippen molar-refractivity contribution in [2.24, 2.45) is 22.7 Å². The van der Waals surface area contributed by atoms with E-state index in [-0.39, 0.29) is 53.6 Å². The van der Waals surface area contributed by atoms with E-state index >= 15 is 0 Å². The molecule has 1 unspecified atom stereocenters. The Labute approximate surface area is 231 Å². The number of amides is 2. The lowest BCUT2D eigenvalue weighted by Gasteiger charge is -2.47. The number of benzene rings is 1. The fourth-order valence-corrected chi connectivity index (χ4v) is 11.5. The summed E-state index contributed by atoms with van der Waals surface area (Å²) >= 11 is 0. The number of likely N-dealkylation sites (tertiary alicyclic amines) is 1. The minimum absolute atomic E-state index is 0.0201. The van der Waals surface area contributed by atoms with Crippen LogP contribution in [0.25, 0.3) is 0 Å². The van der Waals surface area contributed by atoms with Gasteiger partial charge in [-0.15, -0.1) is 0 Å². The summed E-state index contributed by atoms with van der Waals surface area (Å²) < 4.78 is 29.9. The van der Waals surface area contributed by atoms with Crippen LogP contribution in [0.3, 0.4) is 0 Å². The Hall–Kier alpha value is -2.26. The number of fused-ring (bicyclic) bond motifs is 4. The molecule has 2 amide bonds. The zero-order chi connectivity index (χ0) is 27.8. The summed E-state index contributed by atoms with van der Waals surface area (Å²) in [4.78, 5) is 39.0. The number of sulfonamides is 1. The van der Waals surface area contributed by atoms with Crippen LogP contribution in [0, 0.1) is 22.7 Å². The number of carboxylic acids is 1. The van der Waals surface area contributed by atoms with E-state index < -0.39 is 33.4 Å². The second kappa shape index (κ2) is 9.13. The molecule has 1 N–H and O–H groups in total. The molecule has 4 fully saturated rings. The number of aryl methyl sites for hydroxylation is 1. The minimum atomic E-state index is -3.63. The first kappa shape index (κ1) is 26.9. The maximum Gasteiger partial charge on any atom is 0.303 e. The normalized spacial score (nSPS) is 33.3. The van der Waals surface area contributed by atoms with Crippen molar-refractivity contribution in [1.82, 2.24) is 9.21 Å². The Balaban J connectivity index is 1.23. The number of piperidine rings is 1. The zero-order valence-electron chi connectivity index (χ0n) is 23.0. The molecule has 6 rings (SSSR count). The molecule has 212 valence electrons. The third-order valence-corrected chi connectivity index (χ3v) is 13.7. The largest absolute Gasteiger partial charge is 0.481 e. The molecule has 9 heteroatoms. The van der Waals surface area contributed by atoms with Crippen molar-refractivity contribution >= 4 is 27.8 Å². The summed E-state index contributed by atoms with van der Waals surface area (Å²) in [7, 11) is -3.63. The highest BCUT2D eigenvalue weighted by molar-refractivity contribution is 7.89. The number of carbonyl (C=O) groups is 3. The first-order valence-corrected chi connectivity index (χ1v) is 16.2. The number of nitrogens with zero attached hydrogens (tertiary/aromatic N) is 2. The topological polar surface area (TPSA) is 112 Å². The SMILES string of the molecule is CC1(C)[C@@H]2CC[C@@]1(CS(=O)(=O)N1CCC3(CCc4ccccc43)CC1)[C@@H](N1C(=O)CC(CCC(=O)O)C1=O)C2. The molecule has 2 saturated heterocycles. The van der Waals surface area contributed by atoms with Gasteiger partial charge in [0.05, 0.1) is 5.75 Å². The molecule has 2 aliphatic heterocycles. The van der Waals surface area contributed by atoms with E-state index in [1.807, 2.05) is 0 Å². The van der Waals surface area contributed by atoms with Crippen molar-refractivity contribution in [3.05, 3.63) is 35.4 Å². The van der Waals surface area contributed by atoms with Crippen LogP contribution in [0.1, 0.15) is 82.8 Å². The third kappa shape index (κ3) is 4.01. The van der Waals surface area contributed by atoms with Gasteiger partial charge in [0.25, 0.3) is 0 Å². The predicted octanol–water partition coefficient (Wildman–Crippen LogP) is 3.73. The van der Waals surface area contributed by atoms with Crippen molar-refractivity contribution in [3.63, 3.8) is 0 Å². The van der Waals surface area contributed by atoms with Crippen LogP contribution >= 0.6 is 0 Å². The summed E-state index contributed by atoms with van der Waals surface area (Å²) in [5.41, 5.74) is 1.82. The first-order valence-electron chi connectivity index (χ1n) is 14.5. The average Bonchev–Trinajstić information content (AvgIpc) is 3.52. The number of carbonyl (C=O) groups excluding carboxylic acids is 2. The van der Waals surface area contributed by atoms with Gasteiger partial charge in [-0.05, 0) is 79.2 Å². The van der Waals surface area contributed by atoms with Crippen molar-refractivity contribution < 1.29 is 27.9 Å². The standard InChI is InChI=1S/C30H40N2O6S/c1-28(2)22-10-12-30(28,24(18-22)32-25(33)17-21(27(32)36)7-8-26(34)35)19-39(37,38)31-15-13-29(14-16-31)11-9-20-5-3-4-6-23(20)29/h3-6,21-22,24H,7-19H2,1-2H3,(H,34,35)/t21?,22-,24+,30-/m1/s1. The van der Waals surface area contributed by atoms with E-state index in [1.54, 1.807) is 4.31 Å². The Morgan fingerprint density at radius 2 is 1.79 bits per heavy atom. The molecule has 2 saturated carbocycles. The summed E-state index contributed by atoms with van der Waals surface area (Å²) in [6, 6.07) is 8.12. The quantitative estimate of drug-likeness (QED) is 0.512. The number of hydrogen-bond acceptors (Lipinski definition) is 5. The van der Waals surface area contributed by atoms with Gasteiger partial charge < -0.3 is 5.11 Å². The van der Waals surface area contributed by atoms with Gasteiger partial charge in [0.15, 0.2) is 0 Å². The van der Waals surface area contributed by atoms with Gasteiger partial charge in [-0.3, -0.25) is 19.3 Å². The van der Waals surface area contributed by atoms with E-state index in [2.05, 4.69) is 38.1 Å². The van der Waals surface area contributed by atoms with Gasteiger partial charge in [0, 0.05) is 43.3 Å². The highest BCUT2D eigenvalue weighted by atomic mass is 32.2. The van der Waals surface area contributed by atoms with Crippen molar-refractivity contribution in [2.75, 3.05) is 18.8 Å². The Bertz CT molecular complexity index is 1310. The van der Waals surface area contributed by atoms with Crippen LogP contribution < -0.4 is 0 Å². The molecule has 2 heterocycles. The first-order chi connectivity index (χ1) is 18.4. The van der Waals surface area contributed by atoms with Crippen LogP contribution in [0.5, 0.6) is 0 Å². The number of rotatable bonds is 7. The molecule has 4 atom stereocenters. The smallest absolute Gasteiger partial charge is 0.303 e. The molecule has 5 aliphatic rings. The molecule has 1 aromatic rings. The Kier molecular flexibility index (Phi) is 6.30. The molecular formula is C30H40N2O6S. The van der Waals surface area contributed by atoms with E-state index in [1.165, 1.54) is 16.0 Å². The Morgan fingerprint density at radius 1 is 1.08 bits per heavy atom. The lowest BCUT2D eigenvalue weighted by Crippen LogP contribution is -2.56. The maximum absolute atomic E-state index is 14.1. The van der Waals surface area contributed by atoms with Gasteiger partial charge in [0.2, 0.25) is 21.8 Å². The number of carboxylic acid groups (broad SMARTS) is 1. The molecule has 0 aromatic heterocycles. The summed E-state index contributed by atoms with van der Waals surface area (Å²) in [6.07, 6.45) is 5.97.